The van der Waals surface area contributed by atoms with Crippen LogP contribution in [0.4, 0.5) is 4.79 Å². The third kappa shape index (κ3) is 3.48. The summed E-state index contributed by atoms with van der Waals surface area (Å²) in [5.41, 5.74) is 4.04. The van der Waals surface area contributed by atoms with E-state index in [2.05, 4.69) is 34.6 Å². The largest absolute Gasteiger partial charge is 0.290 e. The standard InChI is InChI=1S/C23H14N2O2S2/c26-22-21(29-23(27)25-22)13-14-6-7-18-17(12-14)16(10-11-24-18)20-9-8-19(28-20)15-4-2-1-3-5-15/h1-13H,(H,25,26,27)/b21-13+. The van der Waals surface area contributed by atoms with Crippen LogP contribution in [0.5, 0.6) is 0 Å². The van der Waals surface area contributed by atoms with Crippen molar-refractivity contribution in [3.8, 4) is 20.9 Å². The highest BCUT2D eigenvalue weighted by atomic mass is 32.2. The molecule has 1 saturated heterocycles. The number of thiophene rings is 1. The lowest BCUT2D eigenvalue weighted by Gasteiger charge is -2.06. The monoisotopic (exact) mass is 414 g/mol. The zero-order valence-electron chi connectivity index (χ0n) is 15.1. The molecule has 0 aliphatic carbocycles. The van der Waals surface area contributed by atoms with E-state index in [0.717, 1.165) is 38.7 Å². The molecule has 3 heterocycles. The molecule has 0 unspecified atom stereocenters. The molecule has 0 saturated carbocycles. The molecule has 6 heteroatoms. The van der Waals surface area contributed by atoms with Crippen molar-refractivity contribution >= 4 is 51.2 Å². The number of carbonyl (C=O) groups excluding carboxylic acids is 2. The van der Waals surface area contributed by atoms with Gasteiger partial charge in [0.2, 0.25) is 0 Å². The van der Waals surface area contributed by atoms with E-state index in [0.29, 0.717) is 4.91 Å². The Morgan fingerprint density at radius 1 is 0.897 bits per heavy atom. The fourth-order valence-electron chi connectivity index (χ4n) is 3.28. The lowest BCUT2D eigenvalue weighted by atomic mass is 10.0. The first kappa shape index (κ1) is 17.8. The van der Waals surface area contributed by atoms with Crippen LogP contribution in [0.15, 0.2) is 77.8 Å². The SMILES string of the molecule is O=C1NC(=O)/C(=C\c2ccc3nccc(-c4ccc(-c5ccccc5)s4)c3c2)S1. The molecule has 2 aromatic heterocycles. The minimum atomic E-state index is -0.350. The molecular formula is C23H14N2O2S2. The topological polar surface area (TPSA) is 59.1 Å². The predicted octanol–water partition coefficient (Wildman–Crippen LogP) is 5.95. The Balaban J connectivity index is 1.58. The Morgan fingerprint density at radius 2 is 1.72 bits per heavy atom. The van der Waals surface area contributed by atoms with Crippen molar-refractivity contribution in [3.63, 3.8) is 0 Å². The number of nitrogens with zero attached hydrogens (tertiary/aromatic N) is 1. The summed E-state index contributed by atoms with van der Waals surface area (Å²) in [6, 6.07) is 22.5. The fourth-order valence-corrected chi connectivity index (χ4v) is 5.01. The van der Waals surface area contributed by atoms with E-state index in [4.69, 9.17) is 0 Å². The summed E-state index contributed by atoms with van der Waals surface area (Å²) in [5.74, 6) is -0.350. The number of fused-ring (bicyclic) bond motifs is 1. The van der Waals surface area contributed by atoms with Gasteiger partial charge in [0.05, 0.1) is 10.4 Å². The van der Waals surface area contributed by atoms with E-state index in [1.54, 1.807) is 17.4 Å². The number of rotatable bonds is 3. The first-order valence-electron chi connectivity index (χ1n) is 8.97. The van der Waals surface area contributed by atoms with Gasteiger partial charge in [-0.25, -0.2) is 0 Å². The molecule has 1 fully saturated rings. The van der Waals surface area contributed by atoms with E-state index in [9.17, 15) is 9.59 Å². The second kappa shape index (κ2) is 7.31. The predicted molar refractivity (Wildman–Crippen MR) is 120 cm³/mol. The van der Waals surface area contributed by atoms with Gasteiger partial charge in [-0.15, -0.1) is 11.3 Å². The second-order valence-electron chi connectivity index (χ2n) is 6.52. The van der Waals surface area contributed by atoms with E-state index >= 15 is 0 Å². The molecule has 1 aliphatic heterocycles. The Hall–Kier alpha value is -3.22. The maximum atomic E-state index is 11.8. The van der Waals surface area contributed by atoms with Crippen LogP contribution in [-0.4, -0.2) is 16.1 Å². The summed E-state index contributed by atoms with van der Waals surface area (Å²) in [7, 11) is 0. The Bertz CT molecular complexity index is 1290. The first-order valence-corrected chi connectivity index (χ1v) is 10.6. The van der Waals surface area contributed by atoms with E-state index < -0.39 is 0 Å². The third-order valence-electron chi connectivity index (χ3n) is 4.64. The molecule has 2 amide bonds. The average Bonchev–Trinajstić information content (AvgIpc) is 3.35. The number of thioether (sulfide) groups is 1. The third-order valence-corrected chi connectivity index (χ3v) is 6.61. The van der Waals surface area contributed by atoms with Crippen LogP contribution in [0.3, 0.4) is 0 Å². The van der Waals surface area contributed by atoms with E-state index in [1.807, 2.05) is 48.7 Å². The minimum absolute atomic E-state index is 0.337. The molecule has 4 aromatic rings. The van der Waals surface area contributed by atoms with Crippen molar-refractivity contribution in [2.45, 2.75) is 0 Å². The Labute approximate surface area is 175 Å². The molecule has 140 valence electrons. The maximum Gasteiger partial charge on any atom is 0.290 e. The second-order valence-corrected chi connectivity index (χ2v) is 8.62. The number of imide groups is 1. The highest BCUT2D eigenvalue weighted by Gasteiger charge is 2.25. The molecule has 1 N–H and O–H groups in total. The van der Waals surface area contributed by atoms with Gasteiger partial charge in [-0.05, 0) is 59.3 Å². The van der Waals surface area contributed by atoms with Gasteiger partial charge < -0.3 is 0 Å². The Kier molecular flexibility index (Phi) is 4.50. The lowest BCUT2D eigenvalue weighted by molar-refractivity contribution is -0.115. The van der Waals surface area contributed by atoms with Crippen LogP contribution in [-0.2, 0) is 4.79 Å². The molecule has 4 nitrogen and oxygen atoms in total. The van der Waals surface area contributed by atoms with Gasteiger partial charge in [0, 0.05) is 26.9 Å². The number of hydrogen-bond acceptors (Lipinski definition) is 5. The minimum Gasteiger partial charge on any atom is -0.282 e. The van der Waals surface area contributed by atoms with E-state index in [-0.39, 0.29) is 11.1 Å². The van der Waals surface area contributed by atoms with Gasteiger partial charge in [-0.1, -0.05) is 36.4 Å². The van der Waals surface area contributed by atoms with Crippen LogP contribution in [0.2, 0.25) is 0 Å². The van der Waals surface area contributed by atoms with Crippen molar-refractivity contribution in [1.82, 2.24) is 10.3 Å². The summed E-state index contributed by atoms with van der Waals surface area (Å²) < 4.78 is 0. The van der Waals surface area contributed by atoms with Crippen LogP contribution in [0.25, 0.3) is 37.9 Å². The van der Waals surface area contributed by atoms with Gasteiger partial charge >= 0.3 is 0 Å². The number of nitrogens with one attached hydrogen (secondary N) is 1. The Morgan fingerprint density at radius 3 is 2.52 bits per heavy atom. The molecule has 0 spiro atoms. The summed E-state index contributed by atoms with van der Waals surface area (Å²) in [4.78, 5) is 30.5. The number of pyridine rings is 1. The molecule has 2 aromatic carbocycles. The van der Waals surface area contributed by atoms with Crippen molar-refractivity contribution in [2.24, 2.45) is 0 Å². The van der Waals surface area contributed by atoms with Gasteiger partial charge in [0.1, 0.15) is 0 Å². The number of benzene rings is 2. The highest BCUT2D eigenvalue weighted by molar-refractivity contribution is 8.18. The van der Waals surface area contributed by atoms with Crippen molar-refractivity contribution < 1.29 is 9.59 Å². The molecule has 0 radical (unpaired) electrons. The zero-order valence-corrected chi connectivity index (χ0v) is 16.7. The quantitative estimate of drug-likeness (QED) is 0.421. The lowest BCUT2D eigenvalue weighted by Crippen LogP contribution is -2.17. The summed E-state index contributed by atoms with van der Waals surface area (Å²) in [5, 5.41) is 2.96. The van der Waals surface area contributed by atoms with Gasteiger partial charge in [0.25, 0.3) is 11.1 Å². The van der Waals surface area contributed by atoms with Crippen molar-refractivity contribution in [1.29, 1.82) is 0 Å². The highest BCUT2D eigenvalue weighted by Crippen LogP contribution is 2.37. The summed E-state index contributed by atoms with van der Waals surface area (Å²) >= 11 is 2.66. The summed E-state index contributed by atoms with van der Waals surface area (Å²) in [6.07, 6.45) is 3.56. The van der Waals surface area contributed by atoms with E-state index in [1.165, 1.54) is 10.4 Å². The van der Waals surface area contributed by atoms with Crippen molar-refractivity contribution in [3.05, 3.63) is 83.4 Å². The number of amides is 2. The molecule has 0 bridgehead atoms. The molecule has 0 atom stereocenters. The maximum absolute atomic E-state index is 11.8. The number of aromatic nitrogens is 1. The zero-order chi connectivity index (χ0) is 19.8. The first-order chi connectivity index (χ1) is 14.2. The molecular weight excluding hydrogens is 400 g/mol. The normalized spacial score (nSPS) is 15.2. The van der Waals surface area contributed by atoms with Crippen LogP contribution in [0, 0.1) is 0 Å². The summed E-state index contributed by atoms with van der Waals surface area (Å²) in [6.45, 7) is 0. The van der Waals surface area contributed by atoms with Crippen LogP contribution in [0.1, 0.15) is 5.56 Å². The average molecular weight is 415 g/mol. The fraction of sp³-hybridized carbons (Fsp3) is 0. The number of hydrogen-bond donors (Lipinski definition) is 1. The number of carbonyl (C=O) groups is 2. The van der Waals surface area contributed by atoms with Gasteiger partial charge in [-0.3, -0.25) is 19.9 Å². The van der Waals surface area contributed by atoms with Crippen LogP contribution < -0.4 is 5.32 Å². The molecule has 5 rings (SSSR count). The smallest absolute Gasteiger partial charge is 0.282 e. The molecule has 29 heavy (non-hydrogen) atoms. The van der Waals surface area contributed by atoms with Crippen LogP contribution >= 0.6 is 23.1 Å². The van der Waals surface area contributed by atoms with Gasteiger partial charge in [0.15, 0.2) is 0 Å². The molecule has 1 aliphatic rings. The van der Waals surface area contributed by atoms with Crippen molar-refractivity contribution in [2.75, 3.05) is 0 Å². The van der Waals surface area contributed by atoms with Gasteiger partial charge in [-0.2, -0.15) is 0 Å².